The molecule has 4 nitrogen and oxygen atoms in total. The molecule has 0 fully saturated rings. The van der Waals surface area contributed by atoms with Gasteiger partial charge in [-0.1, -0.05) is 60.1 Å². The van der Waals surface area contributed by atoms with Crippen LogP contribution in [0.3, 0.4) is 0 Å². The van der Waals surface area contributed by atoms with Crippen molar-refractivity contribution in [3.63, 3.8) is 0 Å². The van der Waals surface area contributed by atoms with Crippen LogP contribution in [0.25, 0.3) is 16.3 Å². The van der Waals surface area contributed by atoms with E-state index in [9.17, 15) is 9.59 Å². The Balaban J connectivity index is 1.87. The summed E-state index contributed by atoms with van der Waals surface area (Å²) < 4.78 is 0. The van der Waals surface area contributed by atoms with Crippen molar-refractivity contribution in [2.45, 2.75) is 19.9 Å². The predicted octanol–water partition coefficient (Wildman–Crippen LogP) is 5.09. The molecule has 1 aliphatic heterocycles. The Hall–Kier alpha value is -3.11. The van der Waals surface area contributed by atoms with Gasteiger partial charge in [-0.3, -0.25) is 14.5 Å². The first-order valence-electron chi connectivity index (χ1n) is 9.10. The molecule has 0 atom stereocenters. The highest BCUT2D eigenvalue weighted by atomic mass is 35.5. The smallest absolute Gasteiger partial charge is 0.278 e. The molecule has 0 saturated carbocycles. The quantitative estimate of drug-likeness (QED) is 0.631. The predicted molar refractivity (Wildman–Crippen MR) is 113 cm³/mol. The van der Waals surface area contributed by atoms with Crippen molar-refractivity contribution in [3.05, 3.63) is 83.0 Å². The lowest BCUT2D eigenvalue weighted by Crippen LogP contribution is -2.38. The fourth-order valence-corrected chi connectivity index (χ4v) is 3.61. The van der Waals surface area contributed by atoms with Crippen molar-refractivity contribution in [3.8, 4) is 0 Å². The normalized spacial score (nSPS) is 14.5. The van der Waals surface area contributed by atoms with Gasteiger partial charge in [0.1, 0.15) is 5.70 Å². The molecule has 1 N–H and O–H groups in total. The van der Waals surface area contributed by atoms with E-state index in [4.69, 9.17) is 11.6 Å². The number of carbonyl (C=O) groups excluding carboxylic acids is 2. The zero-order valence-electron chi connectivity index (χ0n) is 15.6. The van der Waals surface area contributed by atoms with Crippen LogP contribution in [0.2, 0.25) is 5.02 Å². The van der Waals surface area contributed by atoms with Crippen molar-refractivity contribution in [2.24, 2.45) is 0 Å². The maximum absolute atomic E-state index is 13.1. The Bertz CT molecular complexity index is 1110. The summed E-state index contributed by atoms with van der Waals surface area (Å²) in [6.07, 6.45) is 0. The van der Waals surface area contributed by atoms with Gasteiger partial charge in [0, 0.05) is 22.1 Å². The number of amides is 2. The standard InChI is InChI=1S/C23H19ClN2O2/c1-14(2)26-22(27)20(16-10-12-17(24)13-11-16)21(23(26)28)25-19-9-5-7-15-6-3-4-8-18(15)19/h3-14,25H,1-2H3. The van der Waals surface area contributed by atoms with Crippen molar-refractivity contribution in [1.82, 2.24) is 4.90 Å². The minimum atomic E-state index is -0.321. The Morgan fingerprint density at radius 1 is 0.857 bits per heavy atom. The second-order valence-corrected chi connectivity index (χ2v) is 7.42. The van der Waals surface area contributed by atoms with Crippen LogP contribution in [0.4, 0.5) is 5.69 Å². The molecule has 3 aromatic rings. The van der Waals surface area contributed by atoms with Crippen LogP contribution in [0.15, 0.2) is 72.4 Å². The number of nitrogens with zero attached hydrogens (tertiary/aromatic N) is 1. The van der Waals surface area contributed by atoms with Gasteiger partial charge in [0.25, 0.3) is 11.8 Å². The molecule has 140 valence electrons. The van der Waals surface area contributed by atoms with Gasteiger partial charge in [0.2, 0.25) is 0 Å². The number of imide groups is 1. The zero-order valence-corrected chi connectivity index (χ0v) is 16.3. The van der Waals surface area contributed by atoms with E-state index in [1.807, 2.05) is 56.3 Å². The van der Waals surface area contributed by atoms with E-state index < -0.39 is 0 Å². The summed E-state index contributed by atoms with van der Waals surface area (Å²) in [5, 5.41) is 5.86. The number of hydrogen-bond donors (Lipinski definition) is 1. The third-order valence-corrected chi connectivity index (χ3v) is 5.07. The van der Waals surface area contributed by atoms with E-state index in [1.54, 1.807) is 24.3 Å². The summed E-state index contributed by atoms with van der Waals surface area (Å²) in [5.74, 6) is -0.622. The van der Waals surface area contributed by atoms with Crippen LogP contribution in [0.5, 0.6) is 0 Å². The van der Waals surface area contributed by atoms with E-state index in [0.717, 1.165) is 16.5 Å². The zero-order chi connectivity index (χ0) is 19.8. The number of carbonyl (C=O) groups is 2. The monoisotopic (exact) mass is 390 g/mol. The molecule has 0 unspecified atom stereocenters. The van der Waals surface area contributed by atoms with Gasteiger partial charge < -0.3 is 5.32 Å². The van der Waals surface area contributed by atoms with E-state index in [2.05, 4.69) is 5.32 Å². The van der Waals surface area contributed by atoms with Gasteiger partial charge >= 0.3 is 0 Å². The molecule has 1 heterocycles. The summed E-state index contributed by atoms with van der Waals surface area (Å²) in [6, 6.07) is 20.5. The van der Waals surface area contributed by atoms with Crippen LogP contribution < -0.4 is 5.32 Å². The lowest BCUT2D eigenvalue weighted by Gasteiger charge is -2.19. The number of anilines is 1. The van der Waals surface area contributed by atoms with Crippen molar-refractivity contribution in [2.75, 3.05) is 5.32 Å². The minimum absolute atomic E-state index is 0.242. The Labute approximate surface area is 168 Å². The highest BCUT2D eigenvalue weighted by Gasteiger charge is 2.40. The fourth-order valence-electron chi connectivity index (χ4n) is 3.49. The molecule has 5 heteroatoms. The minimum Gasteiger partial charge on any atom is -0.350 e. The van der Waals surface area contributed by atoms with Crippen LogP contribution in [-0.2, 0) is 9.59 Å². The van der Waals surface area contributed by atoms with Crippen molar-refractivity contribution in [1.29, 1.82) is 0 Å². The van der Waals surface area contributed by atoms with E-state index >= 15 is 0 Å². The van der Waals surface area contributed by atoms with E-state index in [1.165, 1.54) is 4.90 Å². The molecule has 0 radical (unpaired) electrons. The largest absolute Gasteiger partial charge is 0.350 e. The fraction of sp³-hybridized carbons (Fsp3) is 0.130. The summed E-state index contributed by atoms with van der Waals surface area (Å²) in [7, 11) is 0. The van der Waals surface area contributed by atoms with Crippen molar-refractivity contribution >= 4 is 45.4 Å². The summed E-state index contributed by atoms with van der Waals surface area (Å²) >= 11 is 6.00. The Morgan fingerprint density at radius 3 is 2.25 bits per heavy atom. The molecule has 0 spiro atoms. The van der Waals surface area contributed by atoms with Crippen LogP contribution >= 0.6 is 11.6 Å². The van der Waals surface area contributed by atoms with Gasteiger partial charge in [-0.25, -0.2) is 0 Å². The SMILES string of the molecule is CC(C)N1C(=O)C(Nc2cccc3ccccc23)=C(c2ccc(Cl)cc2)C1=O. The molecule has 0 bridgehead atoms. The first kappa shape index (κ1) is 18.3. The van der Waals surface area contributed by atoms with Gasteiger partial charge in [-0.15, -0.1) is 0 Å². The molecule has 1 aliphatic rings. The third-order valence-electron chi connectivity index (χ3n) is 4.81. The second kappa shape index (κ2) is 7.13. The maximum Gasteiger partial charge on any atom is 0.278 e. The topological polar surface area (TPSA) is 49.4 Å². The molecule has 0 saturated heterocycles. The summed E-state index contributed by atoms with van der Waals surface area (Å²) in [4.78, 5) is 27.5. The first-order chi connectivity index (χ1) is 13.5. The number of halogens is 1. The number of benzene rings is 3. The molecule has 3 aromatic carbocycles. The summed E-state index contributed by atoms with van der Waals surface area (Å²) in [6.45, 7) is 3.66. The third kappa shape index (κ3) is 3.06. The highest BCUT2D eigenvalue weighted by Crippen LogP contribution is 2.34. The number of nitrogens with one attached hydrogen (secondary N) is 1. The van der Waals surface area contributed by atoms with Gasteiger partial charge in [-0.05, 0) is 43.0 Å². The molecule has 0 aromatic heterocycles. The summed E-state index contributed by atoms with van der Waals surface area (Å²) in [5.41, 5.74) is 2.10. The van der Waals surface area contributed by atoms with Crippen LogP contribution in [0, 0.1) is 0 Å². The molecule has 0 aliphatic carbocycles. The van der Waals surface area contributed by atoms with Gasteiger partial charge in [-0.2, -0.15) is 0 Å². The van der Waals surface area contributed by atoms with Crippen LogP contribution in [0.1, 0.15) is 19.4 Å². The Kier molecular flexibility index (Phi) is 4.65. The van der Waals surface area contributed by atoms with Gasteiger partial charge in [0.05, 0.1) is 5.57 Å². The highest BCUT2D eigenvalue weighted by molar-refractivity contribution is 6.37. The average Bonchev–Trinajstić information content (AvgIpc) is 2.93. The average molecular weight is 391 g/mol. The lowest BCUT2D eigenvalue weighted by atomic mass is 10.0. The number of hydrogen-bond acceptors (Lipinski definition) is 3. The first-order valence-corrected chi connectivity index (χ1v) is 9.48. The molecule has 2 amide bonds. The molecule has 4 rings (SSSR count). The molecular formula is C23H19ClN2O2. The lowest BCUT2D eigenvalue weighted by molar-refractivity contribution is -0.138. The van der Waals surface area contributed by atoms with E-state index in [-0.39, 0.29) is 23.6 Å². The Morgan fingerprint density at radius 2 is 1.54 bits per heavy atom. The molecular weight excluding hydrogens is 372 g/mol. The number of fused-ring (bicyclic) bond motifs is 1. The molecule has 28 heavy (non-hydrogen) atoms. The van der Waals surface area contributed by atoms with Gasteiger partial charge in [0.15, 0.2) is 0 Å². The number of rotatable bonds is 4. The second-order valence-electron chi connectivity index (χ2n) is 6.98. The van der Waals surface area contributed by atoms with E-state index in [0.29, 0.717) is 16.2 Å². The van der Waals surface area contributed by atoms with Crippen LogP contribution in [-0.4, -0.2) is 22.8 Å². The maximum atomic E-state index is 13.1. The van der Waals surface area contributed by atoms with Crippen molar-refractivity contribution < 1.29 is 9.59 Å².